The molecular weight excluding hydrogens is 344 g/mol. The van der Waals surface area contributed by atoms with Crippen LogP contribution in [0.15, 0.2) is 23.3 Å². The van der Waals surface area contributed by atoms with Gasteiger partial charge in [-0.25, -0.2) is 0 Å². The second-order valence-electron chi connectivity index (χ2n) is 4.53. The van der Waals surface area contributed by atoms with Crippen LogP contribution in [0.5, 0.6) is 0 Å². The molecule has 1 saturated heterocycles. The number of esters is 1. The highest BCUT2D eigenvalue weighted by atomic mass is 35.5. The van der Waals surface area contributed by atoms with Crippen molar-refractivity contribution in [1.82, 2.24) is 5.32 Å². The van der Waals surface area contributed by atoms with Crippen molar-refractivity contribution in [3.8, 4) is 0 Å². The van der Waals surface area contributed by atoms with E-state index < -0.39 is 28.5 Å². The van der Waals surface area contributed by atoms with Gasteiger partial charge in [0, 0.05) is 11.1 Å². The Morgan fingerprint density at radius 2 is 2.21 bits per heavy atom. The van der Waals surface area contributed by atoms with Crippen LogP contribution in [-0.4, -0.2) is 35.0 Å². The number of halogens is 1. The van der Waals surface area contributed by atoms with Gasteiger partial charge < -0.3 is 10.1 Å². The van der Waals surface area contributed by atoms with Crippen LogP contribution in [-0.2, 0) is 19.1 Å². The Morgan fingerprint density at radius 3 is 2.83 bits per heavy atom. The topological polar surface area (TPSA) is 140 Å². The van der Waals surface area contributed by atoms with Gasteiger partial charge in [0.25, 0.3) is 11.6 Å². The number of nitrogens with one attached hydrogen (secondary N) is 2. The van der Waals surface area contributed by atoms with E-state index >= 15 is 0 Å². The molecular formula is C13H11ClN4O6. The zero-order valence-corrected chi connectivity index (χ0v) is 13.0. The van der Waals surface area contributed by atoms with Gasteiger partial charge in [-0.2, -0.15) is 5.10 Å². The lowest BCUT2D eigenvalue weighted by atomic mass is 10.1. The Kier molecular flexibility index (Phi) is 5.09. The number of amides is 1. The van der Waals surface area contributed by atoms with E-state index in [1.54, 1.807) is 0 Å². The number of anilines is 1. The van der Waals surface area contributed by atoms with E-state index in [2.05, 4.69) is 15.8 Å². The van der Waals surface area contributed by atoms with Crippen molar-refractivity contribution in [3.63, 3.8) is 0 Å². The Hall–Kier alpha value is -3.01. The zero-order valence-electron chi connectivity index (χ0n) is 12.2. The lowest BCUT2D eigenvalue weighted by molar-refractivity contribution is -0.384. The normalized spacial score (nSPS) is 18.4. The van der Waals surface area contributed by atoms with E-state index in [1.807, 2.05) is 0 Å². The molecule has 2 rings (SSSR count). The molecule has 0 bridgehead atoms. The van der Waals surface area contributed by atoms with Crippen LogP contribution in [0.4, 0.5) is 11.4 Å². The molecule has 10 nitrogen and oxygen atoms in total. The number of benzene rings is 1. The highest BCUT2D eigenvalue weighted by molar-refractivity contribution is 6.53. The number of amidine groups is 1. The van der Waals surface area contributed by atoms with Gasteiger partial charge in [0.1, 0.15) is 5.69 Å². The number of Topliss-reactive ketones (excluding diaryl/α,β-unsaturated/α-hetero) is 1. The average molecular weight is 355 g/mol. The zero-order chi connectivity index (χ0) is 17.9. The summed E-state index contributed by atoms with van der Waals surface area (Å²) in [6.07, 6.45) is 0. The van der Waals surface area contributed by atoms with Gasteiger partial charge in [-0.05, 0) is 19.1 Å². The van der Waals surface area contributed by atoms with Crippen LogP contribution in [0.1, 0.15) is 6.92 Å². The number of hydrogen-bond acceptors (Lipinski definition) is 8. The Morgan fingerprint density at radius 1 is 1.50 bits per heavy atom. The predicted octanol–water partition coefficient (Wildman–Crippen LogP) is 0.852. The third kappa shape index (κ3) is 3.49. The van der Waals surface area contributed by atoms with Crippen molar-refractivity contribution in [2.45, 2.75) is 6.92 Å². The molecule has 0 radical (unpaired) electrons. The fraction of sp³-hybridized carbons (Fsp3) is 0.231. The third-order valence-electron chi connectivity index (χ3n) is 2.98. The summed E-state index contributed by atoms with van der Waals surface area (Å²) in [5, 5.41) is 17.0. The number of nitro benzene ring substituents is 1. The second-order valence-corrected chi connectivity index (χ2v) is 4.97. The van der Waals surface area contributed by atoms with Crippen molar-refractivity contribution >= 4 is 46.5 Å². The van der Waals surface area contributed by atoms with E-state index in [0.29, 0.717) is 0 Å². The molecule has 1 aliphatic rings. The summed E-state index contributed by atoms with van der Waals surface area (Å²) in [6, 6.07) is 3.72. The first kappa shape index (κ1) is 17.3. The summed E-state index contributed by atoms with van der Waals surface area (Å²) in [4.78, 5) is 45.2. The lowest BCUT2D eigenvalue weighted by Gasteiger charge is -2.08. The monoisotopic (exact) mass is 354 g/mol. The molecule has 0 aliphatic carbocycles. The summed E-state index contributed by atoms with van der Waals surface area (Å²) in [5.74, 6) is -4.83. The quantitative estimate of drug-likeness (QED) is 0.262. The number of nitro groups is 1. The fourth-order valence-corrected chi connectivity index (χ4v) is 2.09. The van der Waals surface area contributed by atoms with Crippen LogP contribution >= 0.6 is 11.6 Å². The number of nitrogens with zero attached hydrogens (tertiary/aromatic N) is 2. The van der Waals surface area contributed by atoms with Crippen LogP contribution in [0.25, 0.3) is 0 Å². The van der Waals surface area contributed by atoms with Gasteiger partial charge >= 0.3 is 5.97 Å². The molecule has 1 fully saturated rings. The lowest BCUT2D eigenvalue weighted by Crippen LogP contribution is -2.30. The maximum Gasteiger partial charge on any atom is 0.324 e. The maximum absolute atomic E-state index is 11.8. The number of carbonyl (C=O) groups is 3. The molecule has 2 N–H and O–H groups in total. The molecule has 0 saturated carbocycles. The minimum Gasteiger partial charge on any atom is -0.465 e. The summed E-state index contributed by atoms with van der Waals surface area (Å²) >= 11 is 5.77. The van der Waals surface area contributed by atoms with Gasteiger partial charge in [0.2, 0.25) is 5.78 Å². The Bertz CT molecular complexity index is 763. The molecule has 1 aromatic carbocycles. The highest BCUT2D eigenvalue weighted by Gasteiger charge is 2.44. The molecule has 0 aromatic heterocycles. The van der Waals surface area contributed by atoms with Crippen molar-refractivity contribution < 1.29 is 24.0 Å². The van der Waals surface area contributed by atoms with Gasteiger partial charge in [0.05, 0.1) is 11.5 Å². The van der Waals surface area contributed by atoms with Crippen LogP contribution in [0.3, 0.4) is 0 Å². The van der Waals surface area contributed by atoms with E-state index in [-0.39, 0.29) is 28.8 Å². The molecule has 0 unspecified atom stereocenters. The number of hydrogen-bond donors (Lipinski definition) is 2. The molecule has 1 heterocycles. The average Bonchev–Trinajstić information content (AvgIpc) is 2.80. The van der Waals surface area contributed by atoms with Crippen molar-refractivity contribution in [2.24, 2.45) is 11.0 Å². The smallest absolute Gasteiger partial charge is 0.324 e. The van der Waals surface area contributed by atoms with Gasteiger partial charge in [-0.3, -0.25) is 29.9 Å². The minimum atomic E-state index is -1.54. The molecule has 1 amide bonds. The molecule has 11 heteroatoms. The molecule has 0 spiro atoms. The number of hydrazone groups is 1. The number of ketones is 1. The minimum absolute atomic E-state index is 0.0112. The van der Waals surface area contributed by atoms with Gasteiger partial charge in [0.15, 0.2) is 11.8 Å². The largest absolute Gasteiger partial charge is 0.465 e. The number of carbonyl (C=O) groups excluding carboxylic acids is 3. The van der Waals surface area contributed by atoms with Crippen molar-refractivity contribution in [2.75, 3.05) is 12.0 Å². The predicted molar refractivity (Wildman–Crippen MR) is 82.4 cm³/mol. The molecule has 1 aliphatic heterocycles. The Balaban J connectivity index is 2.32. The van der Waals surface area contributed by atoms with E-state index in [4.69, 9.17) is 16.3 Å². The fourth-order valence-electron chi connectivity index (χ4n) is 1.92. The number of ether oxygens (including phenoxy) is 1. The molecule has 24 heavy (non-hydrogen) atoms. The first-order chi connectivity index (χ1) is 11.3. The first-order valence-electron chi connectivity index (χ1n) is 6.64. The third-order valence-corrected chi connectivity index (χ3v) is 3.21. The van der Waals surface area contributed by atoms with Crippen molar-refractivity contribution in [3.05, 3.63) is 33.3 Å². The first-order valence-corrected chi connectivity index (χ1v) is 7.02. The van der Waals surface area contributed by atoms with E-state index in [0.717, 1.165) is 6.07 Å². The van der Waals surface area contributed by atoms with Gasteiger partial charge in [-0.15, -0.1) is 0 Å². The summed E-state index contributed by atoms with van der Waals surface area (Å²) in [5.41, 5.74) is 1.93. The summed E-state index contributed by atoms with van der Waals surface area (Å²) in [6.45, 7) is 1.55. The van der Waals surface area contributed by atoms with Crippen LogP contribution < -0.4 is 10.7 Å². The standard InChI is InChI=1S/C13H11ClN4O6/c1-2-24-13(21)9-10(19)12(20)15-11(9)17-16-7-5-6(14)3-4-8(7)18(22)23/h3-5,9,16H,2H2,1H3,(H,15,17,20)/t9-/m0/s1. The maximum atomic E-state index is 11.8. The molecule has 1 aromatic rings. The SMILES string of the molecule is CCOC(=O)[C@H]1C(=O)C(=O)N/C1=N/Nc1cc(Cl)ccc1[N+](=O)[O-]. The summed E-state index contributed by atoms with van der Waals surface area (Å²) < 4.78 is 4.72. The van der Waals surface area contributed by atoms with Crippen LogP contribution in [0.2, 0.25) is 5.02 Å². The van der Waals surface area contributed by atoms with Crippen LogP contribution in [0, 0.1) is 16.0 Å². The van der Waals surface area contributed by atoms with E-state index in [1.165, 1.54) is 19.1 Å². The molecule has 126 valence electrons. The molecule has 1 atom stereocenters. The Labute approximate surface area is 139 Å². The van der Waals surface area contributed by atoms with Crippen molar-refractivity contribution in [1.29, 1.82) is 0 Å². The van der Waals surface area contributed by atoms with Gasteiger partial charge in [-0.1, -0.05) is 11.6 Å². The highest BCUT2D eigenvalue weighted by Crippen LogP contribution is 2.27. The second kappa shape index (κ2) is 7.04. The number of rotatable bonds is 5. The summed E-state index contributed by atoms with van der Waals surface area (Å²) in [7, 11) is 0. The van der Waals surface area contributed by atoms with E-state index in [9.17, 15) is 24.5 Å².